The van der Waals surface area contributed by atoms with E-state index in [1.807, 2.05) is 0 Å². The third kappa shape index (κ3) is 2.10. The molecule has 4 N–H and O–H groups in total. The van der Waals surface area contributed by atoms with Gasteiger partial charge in [-0.2, -0.15) is 0 Å². The van der Waals surface area contributed by atoms with Crippen molar-refractivity contribution in [2.24, 2.45) is 0 Å². The zero-order chi connectivity index (χ0) is 12.3. The fourth-order valence-electron chi connectivity index (χ4n) is 0.956. The molecule has 1 amide bonds. The Bertz CT molecular complexity index is 416. The number of nitrogens with zero attached hydrogens (tertiary/aromatic N) is 2. The number of aliphatic carboxylic acids is 1. The van der Waals surface area contributed by atoms with Gasteiger partial charge in [-0.25, -0.2) is 9.42 Å². The molecule has 8 nitrogen and oxygen atoms in total. The third-order valence-corrected chi connectivity index (χ3v) is 2.30. The molecule has 1 rings (SSSR count). The first-order chi connectivity index (χ1) is 7.40. The van der Waals surface area contributed by atoms with Gasteiger partial charge in [-0.3, -0.25) is 4.79 Å². The number of rotatable bonds is 4. The highest BCUT2D eigenvalue weighted by Gasteiger charge is 2.34. The van der Waals surface area contributed by atoms with Gasteiger partial charge in [-0.05, 0) is 23.7 Å². The summed E-state index contributed by atoms with van der Waals surface area (Å²) in [6, 6.07) is 0. The summed E-state index contributed by atoms with van der Waals surface area (Å²) >= 11 is 0. The molecule has 16 heavy (non-hydrogen) atoms. The molecule has 1 unspecified atom stereocenters. The van der Waals surface area contributed by atoms with Crippen LogP contribution in [0, 0.1) is 0 Å². The van der Waals surface area contributed by atoms with Gasteiger partial charge >= 0.3 is 5.97 Å². The van der Waals surface area contributed by atoms with Crippen LogP contribution >= 0.6 is 0 Å². The van der Waals surface area contributed by atoms with Crippen LogP contribution in [-0.2, 0) is 4.79 Å². The number of carbonyl (C=O) groups excluding carboxylic acids is 1. The number of anilines is 1. The highest BCUT2D eigenvalue weighted by atomic mass is 16.6. The average Bonchev–Trinajstić information content (AvgIpc) is 2.64. The van der Waals surface area contributed by atoms with Crippen molar-refractivity contribution in [2.75, 3.05) is 5.73 Å². The van der Waals surface area contributed by atoms with Crippen LogP contribution in [0.15, 0.2) is 4.63 Å². The van der Waals surface area contributed by atoms with Crippen molar-refractivity contribution in [1.29, 1.82) is 0 Å². The molecule has 0 aliphatic rings. The molecule has 1 atom stereocenters. The highest BCUT2D eigenvalue weighted by Crippen LogP contribution is 2.12. The summed E-state index contributed by atoms with van der Waals surface area (Å²) < 4.78 is 4.24. The van der Waals surface area contributed by atoms with E-state index < -0.39 is 17.4 Å². The van der Waals surface area contributed by atoms with Crippen LogP contribution in [0.1, 0.15) is 30.8 Å². The molecule has 88 valence electrons. The van der Waals surface area contributed by atoms with Crippen LogP contribution in [0.3, 0.4) is 0 Å². The number of amides is 1. The number of nitrogens with two attached hydrogens (primary N) is 1. The van der Waals surface area contributed by atoms with Gasteiger partial charge in [0.15, 0.2) is 0 Å². The summed E-state index contributed by atoms with van der Waals surface area (Å²) in [5.41, 5.74) is 3.71. The van der Waals surface area contributed by atoms with E-state index in [0.29, 0.717) is 0 Å². The number of nitrogens with one attached hydrogen (secondary N) is 1. The molecule has 8 heteroatoms. The summed E-state index contributed by atoms with van der Waals surface area (Å²) in [7, 11) is 0. The molecule has 0 saturated carbocycles. The number of hydrogen-bond donors (Lipinski definition) is 3. The molecule has 0 radical (unpaired) electrons. The Morgan fingerprint density at radius 2 is 2.19 bits per heavy atom. The molecule has 1 aromatic rings. The van der Waals surface area contributed by atoms with Crippen molar-refractivity contribution >= 4 is 17.7 Å². The minimum atomic E-state index is -1.37. The lowest BCUT2D eigenvalue weighted by Gasteiger charge is -2.23. The number of aromatic nitrogens is 2. The van der Waals surface area contributed by atoms with Gasteiger partial charge in [0.05, 0.1) is 0 Å². The summed E-state index contributed by atoms with van der Waals surface area (Å²) in [5.74, 6) is -2.05. The van der Waals surface area contributed by atoms with Gasteiger partial charge in [0, 0.05) is 0 Å². The van der Waals surface area contributed by atoms with E-state index in [0.717, 1.165) is 0 Å². The van der Waals surface area contributed by atoms with Crippen molar-refractivity contribution in [3.05, 3.63) is 5.69 Å². The van der Waals surface area contributed by atoms with Crippen molar-refractivity contribution in [3.8, 4) is 0 Å². The molecule has 0 aromatic carbocycles. The number of carboxylic acid groups (broad SMARTS) is 1. The lowest BCUT2D eigenvalue weighted by molar-refractivity contribution is -0.143. The first kappa shape index (κ1) is 12.0. The van der Waals surface area contributed by atoms with Crippen molar-refractivity contribution in [2.45, 2.75) is 25.8 Å². The second-order valence-corrected chi connectivity index (χ2v) is 3.44. The van der Waals surface area contributed by atoms with Gasteiger partial charge in [-0.1, -0.05) is 6.92 Å². The van der Waals surface area contributed by atoms with Gasteiger partial charge in [0.2, 0.25) is 11.5 Å². The maximum absolute atomic E-state index is 11.6. The monoisotopic (exact) mass is 228 g/mol. The van der Waals surface area contributed by atoms with Gasteiger partial charge < -0.3 is 16.2 Å². The second kappa shape index (κ2) is 4.17. The van der Waals surface area contributed by atoms with Crippen LogP contribution in [-0.4, -0.2) is 32.8 Å². The Balaban J connectivity index is 2.86. The van der Waals surface area contributed by atoms with Crippen LogP contribution < -0.4 is 11.1 Å². The minimum absolute atomic E-state index is 0.179. The molecule has 0 aliphatic carbocycles. The molecule has 0 aliphatic heterocycles. The van der Waals surface area contributed by atoms with Crippen LogP contribution in [0.2, 0.25) is 0 Å². The Labute approximate surface area is 90.8 Å². The number of carbonyl (C=O) groups is 2. The maximum atomic E-state index is 11.6. The van der Waals surface area contributed by atoms with Crippen LogP contribution in [0.25, 0.3) is 0 Å². The molecule has 0 fully saturated rings. The van der Waals surface area contributed by atoms with E-state index in [1.54, 1.807) is 6.92 Å². The quantitative estimate of drug-likeness (QED) is 0.640. The zero-order valence-corrected chi connectivity index (χ0v) is 8.85. The molecule has 0 spiro atoms. The van der Waals surface area contributed by atoms with Crippen LogP contribution in [0.5, 0.6) is 0 Å². The minimum Gasteiger partial charge on any atom is -0.480 e. The molecule has 0 saturated heterocycles. The standard InChI is InChI=1S/C8H12N4O4/c1-3-8(2,7(14)15)10-6(13)4-5(9)12-16-11-4/h3H2,1-2H3,(H2,9,12)(H,10,13)(H,14,15). The van der Waals surface area contributed by atoms with Gasteiger partial charge in [0.1, 0.15) is 5.54 Å². The summed E-state index contributed by atoms with van der Waals surface area (Å²) in [6.07, 6.45) is 0.221. The predicted octanol–water partition coefficient (Wildman–Crippen LogP) is -0.365. The summed E-state index contributed by atoms with van der Waals surface area (Å²) in [4.78, 5) is 22.5. The topological polar surface area (TPSA) is 131 Å². The largest absolute Gasteiger partial charge is 0.480 e. The molecular weight excluding hydrogens is 216 g/mol. The second-order valence-electron chi connectivity index (χ2n) is 3.44. The molecular formula is C8H12N4O4. The van der Waals surface area contributed by atoms with E-state index >= 15 is 0 Å². The van der Waals surface area contributed by atoms with Crippen molar-refractivity contribution in [3.63, 3.8) is 0 Å². The predicted molar refractivity (Wildman–Crippen MR) is 52.5 cm³/mol. The Kier molecular flexibility index (Phi) is 3.11. The maximum Gasteiger partial charge on any atom is 0.329 e. The SMILES string of the molecule is CCC(C)(NC(=O)c1nonc1N)C(=O)O. The van der Waals surface area contributed by atoms with E-state index in [-0.39, 0.29) is 17.9 Å². The zero-order valence-electron chi connectivity index (χ0n) is 8.85. The Hall–Kier alpha value is -2.12. The van der Waals surface area contributed by atoms with Crippen LogP contribution in [0.4, 0.5) is 5.82 Å². The van der Waals surface area contributed by atoms with E-state index in [1.165, 1.54) is 6.92 Å². The number of hydrogen-bond acceptors (Lipinski definition) is 6. The third-order valence-electron chi connectivity index (χ3n) is 2.30. The van der Waals surface area contributed by atoms with Gasteiger partial charge in [0.25, 0.3) is 5.91 Å². The molecule has 1 aromatic heterocycles. The average molecular weight is 228 g/mol. The van der Waals surface area contributed by atoms with Gasteiger partial charge in [-0.15, -0.1) is 0 Å². The first-order valence-electron chi connectivity index (χ1n) is 4.54. The fourth-order valence-corrected chi connectivity index (χ4v) is 0.956. The Morgan fingerprint density at radius 1 is 1.56 bits per heavy atom. The summed E-state index contributed by atoms with van der Waals surface area (Å²) in [5, 5.41) is 17.7. The normalized spacial score (nSPS) is 14.1. The summed E-state index contributed by atoms with van der Waals surface area (Å²) in [6.45, 7) is 3.02. The number of nitrogen functional groups attached to an aromatic ring is 1. The molecule has 0 bridgehead atoms. The van der Waals surface area contributed by atoms with E-state index in [4.69, 9.17) is 10.8 Å². The lowest BCUT2D eigenvalue weighted by atomic mass is 9.99. The Morgan fingerprint density at radius 3 is 2.56 bits per heavy atom. The van der Waals surface area contributed by atoms with Crippen molar-refractivity contribution < 1.29 is 19.3 Å². The molecule has 1 heterocycles. The van der Waals surface area contributed by atoms with E-state index in [2.05, 4.69) is 20.3 Å². The van der Waals surface area contributed by atoms with Crippen molar-refractivity contribution in [1.82, 2.24) is 15.6 Å². The smallest absolute Gasteiger partial charge is 0.329 e. The highest BCUT2D eigenvalue weighted by molar-refractivity contribution is 5.99. The van der Waals surface area contributed by atoms with E-state index in [9.17, 15) is 9.59 Å². The fraction of sp³-hybridized carbons (Fsp3) is 0.500. The number of carboxylic acids is 1. The lowest BCUT2D eigenvalue weighted by Crippen LogP contribution is -2.51. The first-order valence-corrected chi connectivity index (χ1v) is 4.54.